The molecule has 1 saturated carbocycles. The molecule has 6 nitrogen and oxygen atoms in total. The Hall–Kier alpha value is -1.99. The second kappa shape index (κ2) is 8.14. The Morgan fingerprint density at radius 1 is 1.15 bits per heavy atom. The van der Waals surface area contributed by atoms with Crippen molar-refractivity contribution in [1.82, 2.24) is 19.8 Å². The minimum atomic E-state index is 0.0452. The van der Waals surface area contributed by atoms with E-state index in [4.69, 9.17) is 0 Å². The molecule has 0 atom stereocenters. The highest BCUT2D eigenvalue weighted by molar-refractivity contribution is 7.14. The molecule has 0 bridgehead atoms. The zero-order valence-electron chi connectivity index (χ0n) is 14.9. The first-order valence-electron chi connectivity index (χ1n) is 9.45. The lowest BCUT2D eigenvalue weighted by molar-refractivity contribution is 0.0519. The molecule has 1 amide bonds. The lowest BCUT2D eigenvalue weighted by atomic mass is 9.94. The maximum Gasteiger partial charge on any atom is 0.273 e. The molecule has 1 saturated heterocycles. The topological polar surface area (TPSA) is 61.4 Å². The van der Waals surface area contributed by atoms with Gasteiger partial charge in [-0.15, -0.1) is 11.3 Å². The average Bonchev–Trinajstić information content (AvgIpc) is 3.17. The SMILES string of the molecule is O=C(c1csc(Nc2cccnc2)n1)N1CCN(C2CCCCC2)CC1. The highest BCUT2D eigenvalue weighted by atomic mass is 32.1. The number of amides is 1. The fourth-order valence-corrected chi connectivity index (χ4v) is 4.59. The summed E-state index contributed by atoms with van der Waals surface area (Å²) >= 11 is 1.45. The molecule has 138 valence electrons. The van der Waals surface area contributed by atoms with Gasteiger partial charge in [-0.1, -0.05) is 19.3 Å². The second-order valence-electron chi connectivity index (χ2n) is 7.02. The fraction of sp³-hybridized carbons (Fsp3) is 0.526. The van der Waals surface area contributed by atoms with E-state index in [1.807, 2.05) is 22.4 Å². The third kappa shape index (κ3) is 4.04. The van der Waals surface area contributed by atoms with E-state index in [2.05, 4.69) is 20.2 Å². The summed E-state index contributed by atoms with van der Waals surface area (Å²) in [6, 6.07) is 4.53. The Morgan fingerprint density at radius 3 is 2.69 bits per heavy atom. The molecule has 1 aliphatic heterocycles. The van der Waals surface area contributed by atoms with Crippen LogP contribution in [-0.2, 0) is 0 Å². The van der Waals surface area contributed by atoms with E-state index in [0.717, 1.165) is 43.0 Å². The Balaban J connectivity index is 1.32. The van der Waals surface area contributed by atoms with Gasteiger partial charge in [-0.05, 0) is 25.0 Å². The van der Waals surface area contributed by atoms with Crippen molar-refractivity contribution >= 4 is 28.1 Å². The van der Waals surface area contributed by atoms with Gasteiger partial charge in [0, 0.05) is 43.8 Å². The van der Waals surface area contributed by atoms with Gasteiger partial charge in [0.15, 0.2) is 5.13 Å². The van der Waals surface area contributed by atoms with E-state index in [1.165, 1.54) is 43.4 Å². The number of thiazole rings is 1. The lowest BCUT2D eigenvalue weighted by Crippen LogP contribution is -2.52. The molecule has 7 heteroatoms. The maximum atomic E-state index is 12.8. The van der Waals surface area contributed by atoms with Gasteiger partial charge in [0.05, 0.1) is 11.9 Å². The van der Waals surface area contributed by atoms with Crippen molar-refractivity contribution in [2.24, 2.45) is 0 Å². The van der Waals surface area contributed by atoms with Crippen LogP contribution in [0.15, 0.2) is 29.9 Å². The van der Waals surface area contributed by atoms with Crippen molar-refractivity contribution in [2.45, 2.75) is 38.1 Å². The summed E-state index contributed by atoms with van der Waals surface area (Å²) in [5.74, 6) is 0.0452. The van der Waals surface area contributed by atoms with Gasteiger partial charge in [-0.25, -0.2) is 4.98 Å². The third-order valence-electron chi connectivity index (χ3n) is 5.33. The molecule has 1 N–H and O–H groups in total. The first kappa shape index (κ1) is 17.4. The van der Waals surface area contributed by atoms with Crippen molar-refractivity contribution in [2.75, 3.05) is 31.5 Å². The van der Waals surface area contributed by atoms with Crippen LogP contribution >= 0.6 is 11.3 Å². The molecule has 0 unspecified atom stereocenters. The van der Waals surface area contributed by atoms with Crippen molar-refractivity contribution in [3.8, 4) is 0 Å². The predicted octanol–water partition coefficient (Wildman–Crippen LogP) is 3.37. The summed E-state index contributed by atoms with van der Waals surface area (Å²) < 4.78 is 0. The van der Waals surface area contributed by atoms with E-state index in [9.17, 15) is 4.79 Å². The molecular weight excluding hydrogens is 346 g/mol. The normalized spacial score (nSPS) is 19.5. The minimum absolute atomic E-state index is 0.0452. The largest absolute Gasteiger partial charge is 0.335 e. The highest BCUT2D eigenvalue weighted by Gasteiger charge is 2.28. The second-order valence-corrected chi connectivity index (χ2v) is 7.88. The Labute approximate surface area is 158 Å². The van der Waals surface area contributed by atoms with Gasteiger partial charge >= 0.3 is 0 Å². The zero-order chi connectivity index (χ0) is 17.8. The van der Waals surface area contributed by atoms with E-state index in [-0.39, 0.29) is 5.91 Å². The van der Waals surface area contributed by atoms with E-state index >= 15 is 0 Å². The number of aromatic nitrogens is 2. The molecule has 3 heterocycles. The number of hydrogen-bond acceptors (Lipinski definition) is 6. The summed E-state index contributed by atoms with van der Waals surface area (Å²) in [7, 11) is 0. The molecule has 2 fully saturated rings. The van der Waals surface area contributed by atoms with E-state index in [0.29, 0.717) is 5.69 Å². The number of pyridine rings is 1. The summed E-state index contributed by atoms with van der Waals surface area (Å²) in [6.07, 6.45) is 10.2. The van der Waals surface area contributed by atoms with E-state index < -0.39 is 0 Å². The molecule has 2 aromatic heterocycles. The fourth-order valence-electron chi connectivity index (χ4n) is 3.89. The molecule has 0 aromatic carbocycles. The number of nitrogens with zero attached hydrogens (tertiary/aromatic N) is 4. The molecule has 26 heavy (non-hydrogen) atoms. The zero-order valence-corrected chi connectivity index (χ0v) is 15.7. The van der Waals surface area contributed by atoms with Gasteiger partial charge in [0.1, 0.15) is 5.69 Å². The number of piperazine rings is 1. The van der Waals surface area contributed by atoms with Crippen LogP contribution in [0.2, 0.25) is 0 Å². The van der Waals surface area contributed by atoms with Gasteiger partial charge in [0.25, 0.3) is 5.91 Å². The number of hydrogen-bond donors (Lipinski definition) is 1. The number of carbonyl (C=O) groups is 1. The van der Waals surface area contributed by atoms with Crippen LogP contribution in [0.25, 0.3) is 0 Å². The van der Waals surface area contributed by atoms with Gasteiger partial charge in [0.2, 0.25) is 0 Å². The summed E-state index contributed by atoms with van der Waals surface area (Å²) in [5.41, 5.74) is 1.41. The average molecular weight is 372 g/mol. The number of rotatable bonds is 4. The molecule has 1 aliphatic carbocycles. The molecule has 0 radical (unpaired) electrons. The van der Waals surface area contributed by atoms with E-state index in [1.54, 1.807) is 12.4 Å². The van der Waals surface area contributed by atoms with Crippen molar-refractivity contribution in [3.05, 3.63) is 35.6 Å². The number of carbonyl (C=O) groups excluding carboxylic acids is 1. The molecule has 0 spiro atoms. The Morgan fingerprint density at radius 2 is 1.96 bits per heavy atom. The van der Waals surface area contributed by atoms with Crippen LogP contribution in [0.5, 0.6) is 0 Å². The predicted molar refractivity (Wildman–Crippen MR) is 104 cm³/mol. The summed E-state index contributed by atoms with van der Waals surface area (Å²) in [5, 5.41) is 5.76. The maximum absolute atomic E-state index is 12.8. The quantitative estimate of drug-likeness (QED) is 0.893. The summed E-state index contributed by atoms with van der Waals surface area (Å²) in [6.45, 7) is 3.58. The Kier molecular flexibility index (Phi) is 5.45. The van der Waals surface area contributed by atoms with Crippen LogP contribution in [0.3, 0.4) is 0 Å². The van der Waals surface area contributed by atoms with Crippen LogP contribution in [-0.4, -0.2) is 57.9 Å². The van der Waals surface area contributed by atoms with Gasteiger partial charge < -0.3 is 10.2 Å². The number of nitrogens with one attached hydrogen (secondary N) is 1. The third-order valence-corrected chi connectivity index (χ3v) is 6.09. The van der Waals surface area contributed by atoms with Crippen molar-refractivity contribution in [3.63, 3.8) is 0 Å². The van der Waals surface area contributed by atoms with Crippen molar-refractivity contribution in [1.29, 1.82) is 0 Å². The number of anilines is 2. The molecular formula is C19H25N5OS. The molecule has 4 rings (SSSR count). The van der Waals surface area contributed by atoms with Gasteiger partial charge in [-0.2, -0.15) is 0 Å². The van der Waals surface area contributed by atoms with Crippen LogP contribution in [0.1, 0.15) is 42.6 Å². The first-order chi connectivity index (χ1) is 12.8. The smallest absolute Gasteiger partial charge is 0.273 e. The van der Waals surface area contributed by atoms with Gasteiger partial charge in [-0.3, -0.25) is 14.7 Å². The molecule has 2 aliphatic rings. The first-order valence-corrected chi connectivity index (χ1v) is 10.3. The highest BCUT2D eigenvalue weighted by Crippen LogP contribution is 2.25. The minimum Gasteiger partial charge on any atom is -0.335 e. The van der Waals surface area contributed by atoms with Crippen LogP contribution in [0.4, 0.5) is 10.8 Å². The van der Waals surface area contributed by atoms with Crippen molar-refractivity contribution < 1.29 is 4.79 Å². The molecule has 2 aromatic rings. The van der Waals surface area contributed by atoms with Crippen LogP contribution in [0, 0.1) is 0 Å². The Bertz CT molecular complexity index is 721. The monoisotopic (exact) mass is 371 g/mol. The standard InChI is InChI=1S/C19H25N5OS/c25-18(17-14-26-19(22-17)21-15-5-4-8-20-13-15)24-11-9-23(10-12-24)16-6-2-1-3-7-16/h4-5,8,13-14,16H,1-3,6-7,9-12H2,(H,21,22). The summed E-state index contributed by atoms with van der Waals surface area (Å²) in [4.78, 5) is 25.8. The lowest BCUT2D eigenvalue weighted by Gasteiger charge is -2.40. The van der Waals surface area contributed by atoms with Crippen LogP contribution < -0.4 is 5.32 Å².